The molecule has 3 aliphatic rings. The van der Waals surface area contributed by atoms with E-state index in [1.807, 2.05) is 19.1 Å². The summed E-state index contributed by atoms with van der Waals surface area (Å²) in [6.07, 6.45) is 12.5. The molecule has 0 bridgehead atoms. The average molecular weight is 362 g/mol. The molecule has 0 amide bonds. The van der Waals surface area contributed by atoms with Crippen LogP contribution in [0.4, 0.5) is 0 Å². The highest BCUT2D eigenvalue weighted by atomic mass is 32.2. The molecular weight excluding hydrogens is 330 g/mol. The highest BCUT2D eigenvalue weighted by Crippen LogP contribution is 2.48. The van der Waals surface area contributed by atoms with Crippen molar-refractivity contribution in [2.75, 3.05) is 6.54 Å². The van der Waals surface area contributed by atoms with Gasteiger partial charge in [0.15, 0.2) is 0 Å². The summed E-state index contributed by atoms with van der Waals surface area (Å²) in [7, 11) is -3.26. The lowest BCUT2D eigenvalue weighted by Gasteiger charge is -2.22. The SMILES string of the molecule is C=C1CCCCC1.Cc1ccc(S(=O)(=O)N2CC23CCCCC3)cc1. The molecule has 0 aromatic heterocycles. The van der Waals surface area contributed by atoms with Gasteiger partial charge in [0.2, 0.25) is 10.0 Å². The van der Waals surface area contributed by atoms with Crippen molar-refractivity contribution in [3.63, 3.8) is 0 Å². The molecule has 138 valence electrons. The fourth-order valence-electron chi connectivity index (χ4n) is 4.08. The molecule has 4 rings (SSSR count). The maximum Gasteiger partial charge on any atom is 0.243 e. The van der Waals surface area contributed by atoms with E-state index in [9.17, 15) is 8.42 Å². The van der Waals surface area contributed by atoms with Crippen molar-refractivity contribution in [2.24, 2.45) is 0 Å². The minimum atomic E-state index is -3.26. The number of benzene rings is 1. The fourth-order valence-corrected chi connectivity index (χ4v) is 5.92. The standard InChI is InChI=1S/C14H19NO2S.C7H12/c1-12-5-7-13(8-6-12)18(16,17)15-11-14(15)9-3-2-4-10-14;1-7-5-3-2-4-6-7/h5-8H,2-4,9-11H2,1H3;1-6H2. The summed E-state index contributed by atoms with van der Waals surface area (Å²) in [6.45, 7) is 6.61. The quantitative estimate of drug-likeness (QED) is 0.536. The molecular formula is C21H31NO2S. The topological polar surface area (TPSA) is 37.1 Å². The normalized spacial score (nSPS) is 25.2. The number of allylic oxidation sites excluding steroid dienone is 1. The lowest BCUT2D eigenvalue weighted by atomic mass is 9.89. The van der Waals surface area contributed by atoms with Crippen molar-refractivity contribution in [3.05, 3.63) is 42.0 Å². The van der Waals surface area contributed by atoms with Crippen LogP contribution in [0.2, 0.25) is 0 Å². The number of hydrogen-bond acceptors (Lipinski definition) is 2. The zero-order valence-electron chi connectivity index (χ0n) is 15.5. The Morgan fingerprint density at radius 1 is 0.920 bits per heavy atom. The number of aryl methyl sites for hydroxylation is 1. The first-order valence-corrected chi connectivity index (χ1v) is 11.1. The van der Waals surface area contributed by atoms with E-state index >= 15 is 0 Å². The monoisotopic (exact) mass is 361 g/mol. The molecule has 2 saturated carbocycles. The van der Waals surface area contributed by atoms with Crippen LogP contribution >= 0.6 is 0 Å². The third kappa shape index (κ3) is 4.35. The van der Waals surface area contributed by atoms with Gasteiger partial charge in [0.1, 0.15) is 0 Å². The molecule has 0 radical (unpaired) electrons. The second-order valence-corrected chi connectivity index (χ2v) is 9.78. The highest BCUT2D eigenvalue weighted by molar-refractivity contribution is 7.89. The van der Waals surface area contributed by atoms with Crippen LogP contribution in [0.3, 0.4) is 0 Å². The van der Waals surface area contributed by atoms with E-state index in [1.165, 1.54) is 56.9 Å². The van der Waals surface area contributed by atoms with Crippen molar-refractivity contribution < 1.29 is 8.42 Å². The molecule has 25 heavy (non-hydrogen) atoms. The first-order chi connectivity index (χ1) is 11.9. The van der Waals surface area contributed by atoms with E-state index in [0.717, 1.165) is 24.9 Å². The Kier molecular flexibility index (Phi) is 5.69. The number of hydrogen-bond donors (Lipinski definition) is 0. The van der Waals surface area contributed by atoms with Crippen molar-refractivity contribution in [3.8, 4) is 0 Å². The molecule has 1 spiro atoms. The smallest absolute Gasteiger partial charge is 0.207 e. The van der Waals surface area contributed by atoms with Crippen molar-refractivity contribution in [1.29, 1.82) is 0 Å². The molecule has 1 aliphatic heterocycles. The Morgan fingerprint density at radius 2 is 1.48 bits per heavy atom. The predicted octanol–water partition coefficient (Wildman–Crippen LogP) is 5.21. The van der Waals surface area contributed by atoms with Crippen LogP contribution in [-0.4, -0.2) is 24.8 Å². The first-order valence-electron chi connectivity index (χ1n) is 9.70. The van der Waals surface area contributed by atoms with Crippen molar-refractivity contribution in [1.82, 2.24) is 4.31 Å². The van der Waals surface area contributed by atoms with E-state index in [-0.39, 0.29) is 5.54 Å². The van der Waals surface area contributed by atoms with Gasteiger partial charge in [-0.05, 0) is 57.6 Å². The zero-order chi connectivity index (χ0) is 17.9. The van der Waals surface area contributed by atoms with E-state index in [2.05, 4.69) is 6.58 Å². The lowest BCUT2D eigenvalue weighted by molar-refractivity contribution is 0.366. The van der Waals surface area contributed by atoms with Gasteiger partial charge in [-0.25, -0.2) is 8.42 Å². The molecule has 1 atom stereocenters. The van der Waals surface area contributed by atoms with Gasteiger partial charge in [0.05, 0.1) is 10.4 Å². The summed E-state index contributed by atoms with van der Waals surface area (Å²) in [5.41, 5.74) is 2.53. The van der Waals surface area contributed by atoms with Gasteiger partial charge < -0.3 is 0 Å². The Labute approximate surface area is 153 Å². The zero-order valence-corrected chi connectivity index (χ0v) is 16.3. The molecule has 1 saturated heterocycles. The van der Waals surface area contributed by atoms with Gasteiger partial charge in [-0.1, -0.05) is 55.5 Å². The summed E-state index contributed by atoms with van der Waals surface area (Å²) in [6, 6.07) is 7.17. The summed E-state index contributed by atoms with van der Waals surface area (Å²) >= 11 is 0. The molecule has 1 heterocycles. The minimum absolute atomic E-state index is 0.0258. The first kappa shape index (κ1) is 18.7. The molecule has 1 unspecified atom stereocenters. The van der Waals surface area contributed by atoms with Gasteiger partial charge in [0.25, 0.3) is 0 Å². The van der Waals surface area contributed by atoms with Crippen LogP contribution in [-0.2, 0) is 10.0 Å². The van der Waals surface area contributed by atoms with E-state index in [1.54, 1.807) is 16.4 Å². The average Bonchev–Trinajstić information content (AvgIpc) is 3.31. The lowest BCUT2D eigenvalue weighted by Crippen LogP contribution is -2.26. The molecule has 0 N–H and O–H groups in total. The van der Waals surface area contributed by atoms with Crippen LogP contribution in [0.1, 0.15) is 69.8 Å². The summed E-state index contributed by atoms with van der Waals surface area (Å²) in [5.74, 6) is 0. The fraction of sp³-hybridized carbons (Fsp3) is 0.619. The molecule has 2 aliphatic carbocycles. The molecule has 1 aromatic carbocycles. The third-order valence-corrected chi connectivity index (χ3v) is 7.78. The number of sulfonamides is 1. The Morgan fingerprint density at radius 3 is 2.00 bits per heavy atom. The largest absolute Gasteiger partial charge is 0.243 e. The molecule has 4 heteroatoms. The van der Waals surface area contributed by atoms with Gasteiger partial charge in [0, 0.05) is 6.54 Å². The van der Waals surface area contributed by atoms with Gasteiger partial charge in [-0.15, -0.1) is 0 Å². The van der Waals surface area contributed by atoms with Crippen molar-refractivity contribution >= 4 is 10.0 Å². The van der Waals surface area contributed by atoms with Crippen LogP contribution in [0.25, 0.3) is 0 Å². The highest BCUT2D eigenvalue weighted by Gasteiger charge is 2.58. The Balaban J connectivity index is 0.000000219. The van der Waals surface area contributed by atoms with Crippen LogP contribution in [0, 0.1) is 6.92 Å². The predicted molar refractivity (Wildman–Crippen MR) is 103 cm³/mol. The molecule has 3 fully saturated rings. The second kappa shape index (κ2) is 7.63. The minimum Gasteiger partial charge on any atom is -0.207 e. The van der Waals surface area contributed by atoms with E-state index in [4.69, 9.17) is 0 Å². The summed E-state index contributed by atoms with van der Waals surface area (Å²) < 4.78 is 26.7. The van der Waals surface area contributed by atoms with Crippen molar-refractivity contribution in [2.45, 2.75) is 81.6 Å². The molecule has 1 aromatic rings. The second-order valence-electron chi connectivity index (χ2n) is 7.92. The van der Waals surface area contributed by atoms with Gasteiger partial charge in [-0.3, -0.25) is 0 Å². The maximum absolute atomic E-state index is 12.5. The van der Waals surface area contributed by atoms with E-state index < -0.39 is 10.0 Å². The summed E-state index contributed by atoms with van der Waals surface area (Å²) in [5, 5.41) is 0. The van der Waals surface area contributed by atoms with E-state index in [0.29, 0.717) is 4.90 Å². The van der Waals surface area contributed by atoms with Crippen LogP contribution in [0.5, 0.6) is 0 Å². The van der Waals surface area contributed by atoms with Crippen LogP contribution < -0.4 is 0 Å². The third-order valence-electron chi connectivity index (χ3n) is 5.82. The Hall–Kier alpha value is -1.13. The van der Waals surface area contributed by atoms with Gasteiger partial charge in [-0.2, -0.15) is 4.31 Å². The van der Waals surface area contributed by atoms with Crippen LogP contribution in [0.15, 0.2) is 41.3 Å². The Bertz CT molecular complexity index is 692. The molecule has 3 nitrogen and oxygen atoms in total. The summed E-state index contributed by atoms with van der Waals surface area (Å²) in [4.78, 5) is 0.440. The number of nitrogens with zero attached hydrogens (tertiary/aromatic N) is 1. The van der Waals surface area contributed by atoms with Gasteiger partial charge >= 0.3 is 0 Å². The maximum atomic E-state index is 12.5. The number of rotatable bonds is 2.